The number of hydrogen-bond donors (Lipinski definition) is 0. The van der Waals surface area contributed by atoms with Gasteiger partial charge in [0.1, 0.15) is 0 Å². The Hall–Kier alpha value is 0.656. The Labute approximate surface area is 147 Å². The fourth-order valence-electron chi connectivity index (χ4n) is 2.58. The zero-order chi connectivity index (χ0) is 11.7. The van der Waals surface area contributed by atoms with E-state index in [1.165, 1.54) is 19.3 Å². The minimum Gasteiger partial charge on any atom is -0.872 e. The Morgan fingerprint density at radius 1 is 1.12 bits per heavy atom. The molecule has 0 heterocycles. The van der Waals surface area contributed by atoms with Crippen molar-refractivity contribution >= 4 is 0 Å². The fraction of sp³-hybridized carbons (Fsp3) is 0.600. The first-order valence-corrected chi connectivity index (χ1v) is 6.41. The standard InChI is InChI=1S/C15H22O.K/c1-10(2)13-8-5-9-14(15(13)16)11(3)12-6-4-7-12;/h5,8-12,16H,4,6-7H2,1-3H3;/q;+1/p-1. The van der Waals surface area contributed by atoms with Crippen LogP contribution in [0.2, 0.25) is 0 Å². The summed E-state index contributed by atoms with van der Waals surface area (Å²) < 4.78 is 0. The van der Waals surface area contributed by atoms with Crippen LogP contribution in [0.25, 0.3) is 0 Å². The summed E-state index contributed by atoms with van der Waals surface area (Å²) in [7, 11) is 0. The number of benzene rings is 1. The van der Waals surface area contributed by atoms with Crippen molar-refractivity contribution in [2.24, 2.45) is 5.92 Å². The van der Waals surface area contributed by atoms with E-state index < -0.39 is 0 Å². The van der Waals surface area contributed by atoms with E-state index in [1.54, 1.807) is 0 Å². The van der Waals surface area contributed by atoms with Gasteiger partial charge in [0.2, 0.25) is 0 Å². The summed E-state index contributed by atoms with van der Waals surface area (Å²) in [5.41, 5.74) is 2.01. The van der Waals surface area contributed by atoms with Gasteiger partial charge in [-0.25, -0.2) is 0 Å². The zero-order valence-electron chi connectivity index (χ0n) is 11.5. The van der Waals surface area contributed by atoms with E-state index in [4.69, 9.17) is 0 Å². The monoisotopic (exact) mass is 256 g/mol. The van der Waals surface area contributed by atoms with Crippen molar-refractivity contribution in [3.63, 3.8) is 0 Å². The Morgan fingerprint density at radius 2 is 1.71 bits per heavy atom. The predicted molar refractivity (Wildman–Crippen MR) is 65.7 cm³/mol. The molecular formula is C15H21KO. The average Bonchev–Trinajstić information content (AvgIpc) is 2.14. The van der Waals surface area contributed by atoms with E-state index in [9.17, 15) is 5.11 Å². The molecule has 0 radical (unpaired) electrons. The normalized spacial score (nSPS) is 17.4. The molecule has 1 unspecified atom stereocenters. The first kappa shape index (κ1) is 15.7. The second-order valence-corrected chi connectivity index (χ2v) is 5.40. The molecule has 88 valence electrons. The van der Waals surface area contributed by atoms with Crippen molar-refractivity contribution < 1.29 is 56.5 Å². The average molecular weight is 256 g/mol. The third-order valence-corrected chi connectivity index (χ3v) is 4.05. The van der Waals surface area contributed by atoms with E-state index in [2.05, 4.69) is 20.8 Å². The third-order valence-electron chi connectivity index (χ3n) is 4.05. The minimum absolute atomic E-state index is 0. The molecule has 1 fully saturated rings. The molecule has 0 bridgehead atoms. The van der Waals surface area contributed by atoms with Gasteiger partial charge in [-0.05, 0) is 30.6 Å². The van der Waals surface area contributed by atoms with Crippen LogP contribution in [0.15, 0.2) is 18.2 Å². The first-order valence-electron chi connectivity index (χ1n) is 6.41. The van der Waals surface area contributed by atoms with Crippen LogP contribution in [0.5, 0.6) is 5.75 Å². The molecule has 2 rings (SSSR count). The second kappa shape index (κ2) is 6.72. The predicted octanol–water partition coefficient (Wildman–Crippen LogP) is 0.791. The molecular weight excluding hydrogens is 235 g/mol. The van der Waals surface area contributed by atoms with E-state index in [1.807, 2.05) is 18.2 Å². The van der Waals surface area contributed by atoms with Crippen LogP contribution in [0.3, 0.4) is 0 Å². The van der Waals surface area contributed by atoms with Gasteiger partial charge >= 0.3 is 51.4 Å². The second-order valence-electron chi connectivity index (χ2n) is 5.40. The van der Waals surface area contributed by atoms with Gasteiger partial charge in [0.15, 0.2) is 0 Å². The summed E-state index contributed by atoms with van der Waals surface area (Å²) in [5, 5.41) is 12.3. The van der Waals surface area contributed by atoms with Crippen molar-refractivity contribution in [2.45, 2.75) is 51.9 Å². The van der Waals surface area contributed by atoms with Gasteiger partial charge in [-0.1, -0.05) is 56.5 Å². The van der Waals surface area contributed by atoms with Crippen molar-refractivity contribution in [1.82, 2.24) is 0 Å². The van der Waals surface area contributed by atoms with Gasteiger partial charge in [0.25, 0.3) is 0 Å². The van der Waals surface area contributed by atoms with Crippen LogP contribution in [-0.4, -0.2) is 0 Å². The van der Waals surface area contributed by atoms with E-state index in [0.717, 1.165) is 17.0 Å². The van der Waals surface area contributed by atoms with E-state index in [-0.39, 0.29) is 57.1 Å². The molecule has 2 heteroatoms. The molecule has 1 saturated carbocycles. The molecule has 1 aromatic rings. The van der Waals surface area contributed by atoms with Crippen molar-refractivity contribution in [3.8, 4) is 5.75 Å². The smallest absolute Gasteiger partial charge is 0.872 e. The first-order chi connectivity index (χ1) is 7.61. The van der Waals surface area contributed by atoms with Gasteiger partial charge in [-0.3, -0.25) is 0 Å². The van der Waals surface area contributed by atoms with Crippen LogP contribution < -0.4 is 56.5 Å². The summed E-state index contributed by atoms with van der Waals surface area (Å²) in [6, 6.07) is 6.04. The molecule has 0 amide bonds. The van der Waals surface area contributed by atoms with Crippen LogP contribution in [0.1, 0.15) is 63.0 Å². The van der Waals surface area contributed by atoms with Crippen LogP contribution in [0.4, 0.5) is 0 Å². The Balaban J connectivity index is 0.00000144. The van der Waals surface area contributed by atoms with Gasteiger partial charge in [0.05, 0.1) is 0 Å². The molecule has 17 heavy (non-hydrogen) atoms. The van der Waals surface area contributed by atoms with Crippen molar-refractivity contribution in [3.05, 3.63) is 29.3 Å². The molecule has 0 N–H and O–H groups in total. The van der Waals surface area contributed by atoms with Gasteiger partial charge in [-0.2, -0.15) is 0 Å². The number of hydrogen-bond acceptors (Lipinski definition) is 1. The maximum atomic E-state index is 12.3. The van der Waals surface area contributed by atoms with E-state index in [0.29, 0.717) is 11.8 Å². The van der Waals surface area contributed by atoms with Crippen LogP contribution in [-0.2, 0) is 0 Å². The molecule has 1 atom stereocenters. The minimum atomic E-state index is 0. The summed E-state index contributed by atoms with van der Waals surface area (Å²) in [4.78, 5) is 0. The molecule has 1 aliphatic carbocycles. The van der Waals surface area contributed by atoms with E-state index >= 15 is 0 Å². The zero-order valence-corrected chi connectivity index (χ0v) is 14.6. The van der Waals surface area contributed by atoms with Crippen molar-refractivity contribution in [1.29, 1.82) is 0 Å². The maximum Gasteiger partial charge on any atom is 1.00 e. The Morgan fingerprint density at radius 3 is 2.18 bits per heavy atom. The van der Waals surface area contributed by atoms with Crippen LogP contribution >= 0.6 is 0 Å². The van der Waals surface area contributed by atoms with Gasteiger partial charge in [-0.15, -0.1) is 5.75 Å². The number of rotatable bonds is 3. The third kappa shape index (κ3) is 3.36. The molecule has 0 aromatic heterocycles. The molecule has 0 aliphatic heterocycles. The molecule has 1 aromatic carbocycles. The Kier molecular flexibility index (Phi) is 6.21. The van der Waals surface area contributed by atoms with Gasteiger partial charge in [0, 0.05) is 0 Å². The molecule has 1 nitrogen and oxygen atoms in total. The summed E-state index contributed by atoms with van der Waals surface area (Å²) in [5.74, 6) is 1.81. The largest absolute Gasteiger partial charge is 1.00 e. The molecule has 0 saturated heterocycles. The summed E-state index contributed by atoms with van der Waals surface area (Å²) in [6.07, 6.45) is 3.94. The summed E-state index contributed by atoms with van der Waals surface area (Å²) in [6.45, 7) is 6.40. The SMILES string of the molecule is CC(C)c1cccc(C(C)C2CCC2)c1[O-].[K+]. The Bertz CT molecular complexity index is 369. The van der Waals surface area contributed by atoms with Crippen LogP contribution in [0, 0.1) is 5.92 Å². The fourth-order valence-corrected chi connectivity index (χ4v) is 2.58. The van der Waals surface area contributed by atoms with Crippen molar-refractivity contribution in [2.75, 3.05) is 0 Å². The topological polar surface area (TPSA) is 23.1 Å². The summed E-state index contributed by atoms with van der Waals surface area (Å²) >= 11 is 0. The van der Waals surface area contributed by atoms with Gasteiger partial charge < -0.3 is 5.11 Å². The molecule has 1 aliphatic rings. The molecule has 0 spiro atoms. The maximum absolute atomic E-state index is 12.3. The number of para-hydroxylation sites is 1. The quantitative estimate of drug-likeness (QED) is 0.733.